The minimum atomic E-state index is -0.604. The van der Waals surface area contributed by atoms with Gasteiger partial charge in [0.1, 0.15) is 18.4 Å². The minimum Gasteiger partial charge on any atom is -0.491 e. The van der Waals surface area contributed by atoms with Crippen molar-refractivity contribution in [1.29, 1.82) is 0 Å². The van der Waals surface area contributed by atoms with E-state index in [2.05, 4.69) is 17.1 Å². The molecule has 32 heavy (non-hydrogen) atoms. The van der Waals surface area contributed by atoms with Crippen LogP contribution in [0.15, 0.2) is 54.6 Å². The summed E-state index contributed by atoms with van der Waals surface area (Å²) in [4.78, 5) is 30.7. The van der Waals surface area contributed by atoms with E-state index in [0.717, 1.165) is 23.3 Å². The van der Waals surface area contributed by atoms with Gasteiger partial charge in [-0.1, -0.05) is 55.5 Å². The third-order valence-corrected chi connectivity index (χ3v) is 6.39. The Morgan fingerprint density at radius 3 is 2.50 bits per heavy atom. The van der Waals surface area contributed by atoms with Gasteiger partial charge in [-0.2, -0.15) is 0 Å². The van der Waals surface area contributed by atoms with Crippen molar-refractivity contribution in [3.8, 4) is 5.75 Å². The molecule has 1 N–H and O–H groups in total. The van der Waals surface area contributed by atoms with Crippen LogP contribution in [0, 0.1) is 11.8 Å². The van der Waals surface area contributed by atoms with E-state index < -0.39 is 6.04 Å². The average Bonchev–Trinajstić information content (AvgIpc) is 3.54. The molecule has 0 spiro atoms. The smallest absolute Gasteiger partial charge is 0.246 e. The minimum absolute atomic E-state index is 0.0117. The molecule has 0 radical (unpaired) electrons. The van der Waals surface area contributed by atoms with E-state index in [9.17, 15) is 9.59 Å². The zero-order chi connectivity index (χ0) is 22.7. The van der Waals surface area contributed by atoms with Crippen molar-refractivity contribution in [2.45, 2.75) is 38.4 Å². The summed E-state index contributed by atoms with van der Waals surface area (Å²) in [6.45, 7) is 3.65. The highest BCUT2D eigenvalue weighted by Gasteiger charge is 2.41. The van der Waals surface area contributed by atoms with Gasteiger partial charge in [-0.3, -0.25) is 9.59 Å². The van der Waals surface area contributed by atoms with Crippen LogP contribution in [-0.2, 0) is 22.6 Å². The van der Waals surface area contributed by atoms with Crippen LogP contribution in [0.3, 0.4) is 0 Å². The number of carbonyl (C=O) groups excluding carboxylic acids is 2. The maximum atomic E-state index is 14.0. The fraction of sp³-hybridized carbons (Fsp3) is 0.462. The number of likely N-dealkylation sites (N-methyl/N-ethyl adjacent to an activating group) is 1. The largest absolute Gasteiger partial charge is 0.491 e. The van der Waals surface area contributed by atoms with E-state index in [1.54, 1.807) is 0 Å². The fourth-order valence-corrected chi connectivity index (χ4v) is 4.41. The number of carbonyl (C=O) groups is 2. The summed E-state index contributed by atoms with van der Waals surface area (Å²) in [6, 6.07) is 17.1. The van der Waals surface area contributed by atoms with Crippen molar-refractivity contribution < 1.29 is 14.3 Å². The standard InChI is InChI=1S/C26H33N3O3/c1-18-13-22(18)25(30)27-23(14-19-9-5-4-6-10-19)26(31)29-15-20-11-7-8-12-24(20)32-17-21(29)16-28(2)3/h4-12,18,21-23H,13-17H2,1-3H3,(H,27,30)/t18-,21+,22+,23-/m1/s1. The molecule has 2 aliphatic rings. The van der Waals surface area contributed by atoms with Crippen LogP contribution in [0.2, 0.25) is 0 Å². The van der Waals surface area contributed by atoms with Gasteiger partial charge in [0, 0.05) is 31.0 Å². The van der Waals surface area contributed by atoms with Gasteiger partial charge in [0.2, 0.25) is 11.8 Å². The molecule has 0 bridgehead atoms. The van der Waals surface area contributed by atoms with E-state index in [4.69, 9.17) is 4.74 Å². The summed E-state index contributed by atoms with van der Waals surface area (Å²) >= 11 is 0. The number of para-hydroxylation sites is 1. The monoisotopic (exact) mass is 435 g/mol. The summed E-state index contributed by atoms with van der Waals surface area (Å²) in [7, 11) is 4.00. The highest BCUT2D eigenvalue weighted by atomic mass is 16.5. The Balaban J connectivity index is 1.61. The van der Waals surface area contributed by atoms with Crippen molar-refractivity contribution in [2.75, 3.05) is 27.2 Å². The van der Waals surface area contributed by atoms with E-state index in [1.807, 2.05) is 73.6 Å². The molecule has 4 atom stereocenters. The molecule has 1 fully saturated rings. The molecule has 6 nitrogen and oxygen atoms in total. The lowest BCUT2D eigenvalue weighted by molar-refractivity contribution is -0.140. The third-order valence-electron chi connectivity index (χ3n) is 6.39. The SMILES string of the molecule is C[C@@H]1C[C@@H]1C(=O)N[C@H](Cc1ccccc1)C(=O)N1Cc2ccccc2OC[C@@H]1CN(C)C. The van der Waals surface area contributed by atoms with Gasteiger partial charge in [-0.25, -0.2) is 0 Å². The van der Waals surface area contributed by atoms with Crippen LogP contribution in [0.25, 0.3) is 0 Å². The molecule has 0 unspecified atom stereocenters. The summed E-state index contributed by atoms with van der Waals surface area (Å²) in [6.07, 6.45) is 1.37. The molecule has 4 rings (SSSR count). The molecule has 1 aliphatic heterocycles. The van der Waals surface area contributed by atoms with Crippen molar-refractivity contribution >= 4 is 11.8 Å². The Hall–Kier alpha value is -2.86. The van der Waals surface area contributed by atoms with Crippen LogP contribution >= 0.6 is 0 Å². The number of nitrogens with one attached hydrogen (secondary N) is 1. The van der Waals surface area contributed by atoms with Gasteiger partial charge in [-0.15, -0.1) is 0 Å². The van der Waals surface area contributed by atoms with Gasteiger partial charge in [0.05, 0.1) is 6.04 Å². The van der Waals surface area contributed by atoms with Gasteiger partial charge < -0.3 is 19.9 Å². The van der Waals surface area contributed by atoms with Crippen LogP contribution < -0.4 is 10.1 Å². The van der Waals surface area contributed by atoms with Crippen LogP contribution in [0.5, 0.6) is 5.75 Å². The Morgan fingerprint density at radius 1 is 1.12 bits per heavy atom. The number of hydrogen-bond donors (Lipinski definition) is 1. The number of ether oxygens (including phenoxy) is 1. The highest BCUT2D eigenvalue weighted by molar-refractivity contribution is 5.90. The summed E-state index contributed by atoms with van der Waals surface area (Å²) in [5, 5.41) is 3.09. The molecular weight excluding hydrogens is 402 g/mol. The van der Waals surface area contributed by atoms with E-state index in [1.165, 1.54) is 0 Å². The van der Waals surface area contributed by atoms with Gasteiger partial charge in [0.15, 0.2) is 0 Å². The quantitative estimate of drug-likeness (QED) is 0.727. The lowest BCUT2D eigenvalue weighted by Gasteiger charge is -2.34. The Morgan fingerprint density at radius 2 is 1.81 bits per heavy atom. The molecule has 1 aliphatic carbocycles. The number of hydrogen-bond acceptors (Lipinski definition) is 4. The molecule has 2 amide bonds. The lowest BCUT2D eigenvalue weighted by Crippen LogP contribution is -2.55. The van der Waals surface area contributed by atoms with Gasteiger partial charge in [-0.05, 0) is 38.1 Å². The number of nitrogens with zero attached hydrogens (tertiary/aromatic N) is 2. The molecule has 170 valence electrons. The van der Waals surface area contributed by atoms with E-state index in [-0.39, 0.29) is 23.8 Å². The van der Waals surface area contributed by atoms with Gasteiger partial charge in [0.25, 0.3) is 0 Å². The summed E-state index contributed by atoms with van der Waals surface area (Å²) in [5.41, 5.74) is 2.02. The molecule has 2 aromatic rings. The van der Waals surface area contributed by atoms with Crippen molar-refractivity contribution in [3.63, 3.8) is 0 Å². The summed E-state index contributed by atoms with van der Waals surface area (Å²) in [5.74, 6) is 1.17. The second-order valence-corrected chi connectivity index (χ2v) is 9.37. The number of amides is 2. The van der Waals surface area contributed by atoms with Crippen molar-refractivity contribution in [3.05, 3.63) is 65.7 Å². The van der Waals surface area contributed by atoms with E-state index >= 15 is 0 Å². The zero-order valence-electron chi connectivity index (χ0n) is 19.2. The van der Waals surface area contributed by atoms with E-state index in [0.29, 0.717) is 32.0 Å². The predicted molar refractivity (Wildman–Crippen MR) is 124 cm³/mol. The van der Waals surface area contributed by atoms with Crippen LogP contribution in [0.1, 0.15) is 24.5 Å². The molecule has 1 saturated carbocycles. The first-order valence-corrected chi connectivity index (χ1v) is 11.4. The second-order valence-electron chi connectivity index (χ2n) is 9.37. The zero-order valence-corrected chi connectivity index (χ0v) is 19.2. The molecule has 0 aromatic heterocycles. The molecule has 0 saturated heterocycles. The molecule has 6 heteroatoms. The maximum Gasteiger partial charge on any atom is 0.246 e. The van der Waals surface area contributed by atoms with Crippen molar-refractivity contribution in [1.82, 2.24) is 15.1 Å². The lowest BCUT2D eigenvalue weighted by atomic mass is 10.0. The Labute approximate surface area is 190 Å². The Kier molecular flexibility index (Phi) is 6.80. The fourth-order valence-electron chi connectivity index (χ4n) is 4.41. The average molecular weight is 436 g/mol. The second kappa shape index (κ2) is 9.74. The number of benzene rings is 2. The van der Waals surface area contributed by atoms with Crippen molar-refractivity contribution in [2.24, 2.45) is 11.8 Å². The topological polar surface area (TPSA) is 61.9 Å². The maximum absolute atomic E-state index is 14.0. The highest BCUT2D eigenvalue weighted by Crippen LogP contribution is 2.38. The van der Waals surface area contributed by atoms with Gasteiger partial charge >= 0.3 is 0 Å². The number of fused-ring (bicyclic) bond motifs is 1. The molecular formula is C26H33N3O3. The first-order chi connectivity index (χ1) is 15.4. The first-order valence-electron chi connectivity index (χ1n) is 11.4. The number of rotatable bonds is 7. The molecule has 1 heterocycles. The van der Waals surface area contributed by atoms with Crippen LogP contribution in [-0.4, -0.2) is 60.9 Å². The summed E-state index contributed by atoms with van der Waals surface area (Å²) < 4.78 is 6.08. The predicted octanol–water partition coefficient (Wildman–Crippen LogP) is 2.72. The van der Waals surface area contributed by atoms with Crippen LogP contribution in [0.4, 0.5) is 0 Å². The Bertz CT molecular complexity index is 946. The third kappa shape index (κ3) is 5.30. The first kappa shape index (κ1) is 22.3. The normalized spacial score (nSPS) is 23.0. The molecule has 2 aromatic carbocycles.